The van der Waals surface area contributed by atoms with Gasteiger partial charge in [0.2, 0.25) is 0 Å². The summed E-state index contributed by atoms with van der Waals surface area (Å²) in [6, 6.07) is 3.93. The third-order valence-electron chi connectivity index (χ3n) is 1.87. The highest BCUT2D eigenvalue weighted by atomic mass is 32.2. The Morgan fingerprint density at radius 2 is 2.36 bits per heavy atom. The monoisotopic (exact) mass is 212 g/mol. The van der Waals surface area contributed by atoms with Gasteiger partial charge >= 0.3 is 0 Å². The van der Waals surface area contributed by atoms with Crippen molar-refractivity contribution >= 4 is 16.6 Å². The zero-order valence-electron chi connectivity index (χ0n) is 8.62. The molecule has 0 bridgehead atoms. The first-order valence-corrected chi connectivity index (χ1v) is 6.22. The van der Waals surface area contributed by atoms with Crippen molar-refractivity contribution in [3.63, 3.8) is 0 Å². The number of aryl methyl sites for hydroxylation is 1. The van der Waals surface area contributed by atoms with Crippen LogP contribution in [0.2, 0.25) is 0 Å². The maximum absolute atomic E-state index is 11.1. The molecule has 1 aromatic rings. The van der Waals surface area contributed by atoms with Gasteiger partial charge in [-0.3, -0.25) is 4.21 Å². The third-order valence-corrected chi connectivity index (χ3v) is 3.18. The van der Waals surface area contributed by atoms with E-state index < -0.39 is 10.8 Å². The van der Waals surface area contributed by atoms with Crippen molar-refractivity contribution < 1.29 is 4.21 Å². The predicted molar refractivity (Wildman–Crippen MR) is 61.0 cm³/mol. The molecule has 1 N–H and O–H groups in total. The Hall–Kier alpha value is -0.900. The van der Waals surface area contributed by atoms with Crippen LogP contribution >= 0.6 is 0 Å². The van der Waals surface area contributed by atoms with E-state index in [1.54, 1.807) is 6.20 Å². The molecule has 1 heterocycles. The summed E-state index contributed by atoms with van der Waals surface area (Å²) >= 11 is 0. The molecule has 0 fully saturated rings. The standard InChI is InChI=1S/C10H16N2OS/c1-3-14(13)7-6-12-10-8-9(2)4-5-11-10/h4-5,8H,3,6-7H2,1-2H3,(H,11,12). The molecule has 1 unspecified atom stereocenters. The smallest absolute Gasteiger partial charge is 0.126 e. The number of hydrogen-bond acceptors (Lipinski definition) is 3. The minimum absolute atomic E-state index is 0.687. The summed E-state index contributed by atoms with van der Waals surface area (Å²) in [6.07, 6.45) is 1.77. The van der Waals surface area contributed by atoms with Crippen LogP contribution in [0.5, 0.6) is 0 Å². The molecular weight excluding hydrogens is 196 g/mol. The van der Waals surface area contributed by atoms with Crippen LogP contribution in [-0.2, 0) is 10.8 Å². The molecule has 0 saturated heterocycles. The Bertz CT molecular complexity index is 315. The van der Waals surface area contributed by atoms with E-state index in [1.165, 1.54) is 5.56 Å². The van der Waals surface area contributed by atoms with Gasteiger partial charge in [0.05, 0.1) is 0 Å². The molecule has 0 aliphatic heterocycles. The maximum Gasteiger partial charge on any atom is 0.126 e. The van der Waals surface area contributed by atoms with Crippen LogP contribution in [0.15, 0.2) is 18.3 Å². The molecule has 4 heteroatoms. The lowest BCUT2D eigenvalue weighted by Crippen LogP contribution is -2.12. The molecule has 14 heavy (non-hydrogen) atoms. The van der Waals surface area contributed by atoms with Crippen LogP contribution < -0.4 is 5.32 Å². The van der Waals surface area contributed by atoms with Crippen LogP contribution in [0.3, 0.4) is 0 Å². The van der Waals surface area contributed by atoms with Gasteiger partial charge in [0.25, 0.3) is 0 Å². The van der Waals surface area contributed by atoms with Gasteiger partial charge < -0.3 is 5.32 Å². The molecule has 1 rings (SSSR count). The van der Waals surface area contributed by atoms with E-state index in [2.05, 4.69) is 10.3 Å². The summed E-state index contributed by atoms with van der Waals surface area (Å²) < 4.78 is 11.1. The molecule has 0 amide bonds. The van der Waals surface area contributed by atoms with E-state index in [1.807, 2.05) is 26.0 Å². The normalized spacial score (nSPS) is 12.4. The molecule has 3 nitrogen and oxygen atoms in total. The van der Waals surface area contributed by atoms with E-state index in [9.17, 15) is 4.21 Å². The lowest BCUT2D eigenvalue weighted by Gasteiger charge is -2.04. The summed E-state index contributed by atoms with van der Waals surface area (Å²) in [5, 5.41) is 3.15. The van der Waals surface area contributed by atoms with E-state index in [-0.39, 0.29) is 0 Å². The van der Waals surface area contributed by atoms with Gasteiger partial charge in [-0.1, -0.05) is 6.92 Å². The highest BCUT2D eigenvalue weighted by Crippen LogP contribution is 2.04. The van der Waals surface area contributed by atoms with Crippen molar-refractivity contribution in [1.82, 2.24) is 4.98 Å². The van der Waals surface area contributed by atoms with Gasteiger partial charge in [-0.05, 0) is 24.6 Å². The quantitative estimate of drug-likeness (QED) is 0.805. The molecule has 0 saturated carbocycles. The van der Waals surface area contributed by atoms with Crippen LogP contribution in [0.1, 0.15) is 12.5 Å². The van der Waals surface area contributed by atoms with Crippen LogP contribution in [0.25, 0.3) is 0 Å². The van der Waals surface area contributed by atoms with Gasteiger partial charge in [0.15, 0.2) is 0 Å². The van der Waals surface area contributed by atoms with Crippen molar-refractivity contribution in [2.45, 2.75) is 13.8 Å². The first kappa shape index (κ1) is 11.2. The summed E-state index contributed by atoms with van der Waals surface area (Å²) in [5.74, 6) is 2.27. The molecule has 0 spiro atoms. The zero-order valence-corrected chi connectivity index (χ0v) is 9.43. The average Bonchev–Trinajstić information content (AvgIpc) is 2.17. The van der Waals surface area contributed by atoms with Crippen LogP contribution in [0.4, 0.5) is 5.82 Å². The molecule has 0 radical (unpaired) electrons. The maximum atomic E-state index is 11.1. The zero-order chi connectivity index (χ0) is 10.4. The molecule has 78 valence electrons. The first-order valence-electron chi connectivity index (χ1n) is 4.74. The van der Waals surface area contributed by atoms with Crippen molar-refractivity contribution in [1.29, 1.82) is 0 Å². The number of rotatable bonds is 5. The Morgan fingerprint density at radius 1 is 1.57 bits per heavy atom. The summed E-state index contributed by atoms with van der Waals surface area (Å²) in [4.78, 5) is 4.15. The number of nitrogens with one attached hydrogen (secondary N) is 1. The lowest BCUT2D eigenvalue weighted by molar-refractivity contribution is 0.684. The summed E-state index contributed by atoms with van der Waals surface area (Å²) in [7, 11) is -0.696. The minimum Gasteiger partial charge on any atom is -0.369 e. The van der Waals surface area contributed by atoms with Crippen molar-refractivity contribution in [2.75, 3.05) is 23.4 Å². The Kier molecular flexibility index (Phi) is 4.59. The lowest BCUT2D eigenvalue weighted by atomic mass is 10.3. The van der Waals surface area contributed by atoms with Crippen molar-refractivity contribution in [3.05, 3.63) is 23.9 Å². The van der Waals surface area contributed by atoms with Crippen LogP contribution in [0, 0.1) is 6.92 Å². The first-order chi connectivity index (χ1) is 6.72. The number of pyridine rings is 1. The van der Waals surface area contributed by atoms with Gasteiger partial charge in [-0.15, -0.1) is 0 Å². The number of aromatic nitrogens is 1. The Morgan fingerprint density at radius 3 is 3.00 bits per heavy atom. The number of nitrogens with zero attached hydrogens (tertiary/aromatic N) is 1. The molecular formula is C10H16N2OS. The van der Waals surface area contributed by atoms with Gasteiger partial charge in [0, 0.05) is 35.0 Å². The Labute approximate surface area is 87.4 Å². The van der Waals surface area contributed by atoms with E-state index in [0.717, 1.165) is 18.1 Å². The predicted octanol–water partition coefficient (Wildman–Crippen LogP) is 1.57. The highest BCUT2D eigenvalue weighted by Gasteiger charge is 1.96. The fraction of sp³-hybridized carbons (Fsp3) is 0.500. The van der Waals surface area contributed by atoms with Gasteiger partial charge in [0.1, 0.15) is 5.82 Å². The van der Waals surface area contributed by atoms with Crippen molar-refractivity contribution in [2.24, 2.45) is 0 Å². The van der Waals surface area contributed by atoms with Gasteiger partial charge in [-0.2, -0.15) is 0 Å². The minimum atomic E-state index is -0.696. The largest absolute Gasteiger partial charge is 0.369 e. The van der Waals surface area contributed by atoms with Gasteiger partial charge in [-0.25, -0.2) is 4.98 Å². The topological polar surface area (TPSA) is 42.0 Å². The number of anilines is 1. The van der Waals surface area contributed by atoms with E-state index >= 15 is 0 Å². The fourth-order valence-corrected chi connectivity index (χ4v) is 1.69. The van der Waals surface area contributed by atoms with E-state index in [0.29, 0.717) is 5.75 Å². The molecule has 0 aliphatic carbocycles. The SMILES string of the molecule is CCS(=O)CCNc1cc(C)ccn1. The number of hydrogen-bond donors (Lipinski definition) is 1. The molecule has 0 aliphatic rings. The average molecular weight is 212 g/mol. The fourth-order valence-electron chi connectivity index (χ4n) is 1.07. The van der Waals surface area contributed by atoms with Crippen molar-refractivity contribution in [3.8, 4) is 0 Å². The molecule has 0 aromatic carbocycles. The third kappa shape index (κ3) is 3.87. The second-order valence-corrected chi connectivity index (χ2v) is 4.94. The summed E-state index contributed by atoms with van der Waals surface area (Å²) in [6.45, 7) is 4.68. The second kappa shape index (κ2) is 5.75. The second-order valence-electron chi connectivity index (χ2n) is 3.08. The molecule has 1 atom stereocenters. The Balaban J connectivity index is 2.35. The van der Waals surface area contributed by atoms with E-state index in [4.69, 9.17) is 0 Å². The highest BCUT2D eigenvalue weighted by molar-refractivity contribution is 7.84. The summed E-state index contributed by atoms with van der Waals surface area (Å²) in [5.41, 5.74) is 1.18. The molecule has 1 aromatic heterocycles. The van der Waals surface area contributed by atoms with Crippen LogP contribution in [-0.4, -0.2) is 27.2 Å².